The molecule has 0 radical (unpaired) electrons. The average molecular weight is 539 g/mol. The van der Waals surface area contributed by atoms with E-state index >= 15 is 0 Å². The number of amides is 3. The minimum atomic E-state index is -0.743. The van der Waals surface area contributed by atoms with Crippen molar-refractivity contribution >= 4 is 28.6 Å². The molecule has 1 fully saturated rings. The summed E-state index contributed by atoms with van der Waals surface area (Å²) >= 11 is 0. The van der Waals surface area contributed by atoms with Crippen LogP contribution in [0.1, 0.15) is 41.6 Å². The number of H-pyrrole nitrogens is 1. The van der Waals surface area contributed by atoms with Crippen molar-refractivity contribution in [1.82, 2.24) is 20.5 Å². The third kappa shape index (κ3) is 5.86. The summed E-state index contributed by atoms with van der Waals surface area (Å²) in [6.45, 7) is 6.82. The second-order valence-electron chi connectivity index (χ2n) is 10.6. The molecule has 3 amide bonds. The highest BCUT2D eigenvalue weighted by atomic mass is 16.5. The third-order valence-corrected chi connectivity index (χ3v) is 7.48. The average Bonchev–Trinajstić information content (AvgIpc) is 3.37. The molecule has 3 aromatic carbocycles. The monoisotopic (exact) mass is 538 g/mol. The number of fused-ring (bicyclic) bond motifs is 1. The van der Waals surface area contributed by atoms with E-state index in [0.717, 1.165) is 10.9 Å². The molecule has 206 valence electrons. The van der Waals surface area contributed by atoms with Gasteiger partial charge in [-0.3, -0.25) is 14.4 Å². The van der Waals surface area contributed by atoms with Crippen LogP contribution in [0.15, 0.2) is 84.9 Å². The van der Waals surface area contributed by atoms with Crippen molar-refractivity contribution in [3.63, 3.8) is 0 Å². The van der Waals surface area contributed by atoms with Gasteiger partial charge in [-0.15, -0.1) is 0 Å². The number of carbonyl (C=O) groups is 3. The van der Waals surface area contributed by atoms with Crippen molar-refractivity contribution in [2.75, 3.05) is 13.1 Å². The van der Waals surface area contributed by atoms with Gasteiger partial charge in [0.05, 0.1) is 6.04 Å². The maximum Gasteiger partial charge on any atom is 0.268 e. The Bertz CT molecular complexity index is 1480. The minimum Gasteiger partial charge on any atom is -0.457 e. The smallest absolute Gasteiger partial charge is 0.268 e. The Morgan fingerprint density at radius 2 is 1.65 bits per heavy atom. The fraction of sp³-hybridized carbons (Fsp3) is 0.281. The predicted molar refractivity (Wildman–Crippen MR) is 154 cm³/mol. The van der Waals surface area contributed by atoms with Gasteiger partial charge >= 0.3 is 0 Å². The van der Waals surface area contributed by atoms with Gasteiger partial charge < -0.3 is 25.3 Å². The Morgan fingerprint density at radius 1 is 0.925 bits per heavy atom. The largest absolute Gasteiger partial charge is 0.457 e. The molecule has 0 spiro atoms. The molecular weight excluding hydrogens is 504 g/mol. The maximum atomic E-state index is 13.5. The summed E-state index contributed by atoms with van der Waals surface area (Å²) in [4.78, 5) is 44.0. The van der Waals surface area contributed by atoms with Crippen LogP contribution >= 0.6 is 0 Å². The topological polar surface area (TPSA) is 104 Å². The number of rotatable bonds is 9. The summed E-state index contributed by atoms with van der Waals surface area (Å²) in [5, 5.41) is 6.64. The highest BCUT2D eigenvalue weighted by molar-refractivity contribution is 6.00. The highest BCUT2D eigenvalue weighted by Crippen LogP contribution is 2.33. The number of nitrogens with one attached hydrogen (secondary N) is 3. The van der Waals surface area contributed by atoms with E-state index < -0.39 is 6.04 Å². The van der Waals surface area contributed by atoms with Crippen LogP contribution in [0.2, 0.25) is 0 Å². The van der Waals surface area contributed by atoms with Crippen LogP contribution < -0.4 is 15.4 Å². The van der Waals surface area contributed by atoms with Crippen molar-refractivity contribution < 1.29 is 19.1 Å². The minimum absolute atomic E-state index is 0.102. The number of para-hydroxylation sites is 2. The van der Waals surface area contributed by atoms with Gasteiger partial charge in [-0.25, -0.2) is 0 Å². The predicted octanol–water partition coefficient (Wildman–Crippen LogP) is 4.99. The summed E-state index contributed by atoms with van der Waals surface area (Å²) < 4.78 is 5.91. The van der Waals surface area contributed by atoms with Crippen molar-refractivity contribution in [3.8, 4) is 11.5 Å². The van der Waals surface area contributed by atoms with E-state index in [1.54, 1.807) is 36.1 Å². The number of likely N-dealkylation sites (tertiary alicyclic amines) is 1. The van der Waals surface area contributed by atoms with Gasteiger partial charge in [-0.1, -0.05) is 56.3 Å². The van der Waals surface area contributed by atoms with Crippen molar-refractivity contribution in [3.05, 3.63) is 96.2 Å². The van der Waals surface area contributed by atoms with Gasteiger partial charge in [0.2, 0.25) is 5.91 Å². The number of carbonyl (C=O) groups excluding carboxylic acids is 3. The Kier molecular flexibility index (Phi) is 7.86. The zero-order valence-corrected chi connectivity index (χ0v) is 22.9. The van der Waals surface area contributed by atoms with Crippen LogP contribution in [-0.2, 0) is 4.79 Å². The van der Waals surface area contributed by atoms with Crippen LogP contribution in [0.4, 0.5) is 0 Å². The molecule has 1 aliphatic heterocycles. The summed E-state index contributed by atoms with van der Waals surface area (Å²) in [6, 6.07) is 25.1. The highest BCUT2D eigenvalue weighted by Gasteiger charge is 2.43. The van der Waals surface area contributed by atoms with Gasteiger partial charge in [0, 0.05) is 35.5 Å². The van der Waals surface area contributed by atoms with Crippen LogP contribution in [0.5, 0.6) is 11.5 Å². The Hall–Kier alpha value is -4.59. The van der Waals surface area contributed by atoms with Gasteiger partial charge in [0.1, 0.15) is 23.2 Å². The molecule has 0 aliphatic carbocycles. The van der Waals surface area contributed by atoms with Gasteiger partial charge in [-0.2, -0.15) is 0 Å². The van der Waals surface area contributed by atoms with Gasteiger partial charge in [-0.05, 0) is 55.3 Å². The van der Waals surface area contributed by atoms with Crippen LogP contribution in [-0.4, -0.2) is 52.8 Å². The van der Waals surface area contributed by atoms with E-state index in [0.29, 0.717) is 41.8 Å². The SMILES string of the molecule is CC(C)C1CN(C(=O)c2cccc(Oc3ccccc3)c2)[C@@H]1CNC(=O)[C@H](C)NC(=O)c1cc2ccccc2[nH]1. The van der Waals surface area contributed by atoms with Crippen molar-refractivity contribution in [2.24, 2.45) is 11.8 Å². The molecule has 1 aliphatic rings. The van der Waals surface area contributed by atoms with E-state index in [1.807, 2.05) is 60.7 Å². The first-order chi connectivity index (χ1) is 19.3. The fourth-order valence-corrected chi connectivity index (χ4v) is 5.10. The molecule has 3 atom stereocenters. The Balaban J connectivity index is 1.20. The molecule has 0 saturated carbocycles. The van der Waals surface area contributed by atoms with Crippen molar-refractivity contribution in [2.45, 2.75) is 32.9 Å². The fourth-order valence-electron chi connectivity index (χ4n) is 5.10. The van der Waals surface area contributed by atoms with Gasteiger partial charge in [0.15, 0.2) is 0 Å². The van der Waals surface area contributed by atoms with Crippen LogP contribution in [0, 0.1) is 11.8 Å². The van der Waals surface area contributed by atoms with Crippen LogP contribution in [0.3, 0.4) is 0 Å². The molecule has 8 nitrogen and oxygen atoms in total. The standard InChI is InChI=1S/C32H34N4O4/c1-20(2)26-19-36(32(39)23-11-9-14-25(16-23)40-24-12-5-4-6-13-24)29(26)18-33-30(37)21(3)34-31(38)28-17-22-10-7-8-15-27(22)35-28/h4-17,20-21,26,29,35H,18-19H2,1-3H3,(H,33,37)(H,34,38)/t21-,26?,29+/m0/s1. The second kappa shape index (κ2) is 11.7. The first-order valence-corrected chi connectivity index (χ1v) is 13.6. The molecule has 0 bridgehead atoms. The number of benzene rings is 3. The lowest BCUT2D eigenvalue weighted by Crippen LogP contribution is -2.64. The number of hydrogen-bond donors (Lipinski definition) is 3. The van der Waals surface area contributed by atoms with E-state index in [2.05, 4.69) is 29.5 Å². The molecule has 5 rings (SSSR count). The number of aromatic nitrogens is 1. The molecule has 3 N–H and O–H groups in total. The normalized spacial score (nSPS) is 17.2. The summed E-state index contributed by atoms with van der Waals surface area (Å²) in [5.74, 6) is 1.13. The molecule has 40 heavy (non-hydrogen) atoms. The molecule has 8 heteroatoms. The molecule has 1 aromatic heterocycles. The first-order valence-electron chi connectivity index (χ1n) is 13.6. The van der Waals surface area contributed by atoms with Crippen molar-refractivity contribution in [1.29, 1.82) is 0 Å². The molecule has 2 heterocycles. The Labute approximate surface area is 233 Å². The lowest BCUT2D eigenvalue weighted by molar-refractivity contribution is -0.123. The van der Waals surface area contributed by atoms with Crippen LogP contribution in [0.25, 0.3) is 10.9 Å². The summed E-state index contributed by atoms with van der Waals surface area (Å²) in [5.41, 5.74) is 1.79. The lowest BCUT2D eigenvalue weighted by Gasteiger charge is -2.50. The number of hydrogen-bond acceptors (Lipinski definition) is 4. The molecule has 4 aromatic rings. The zero-order valence-electron chi connectivity index (χ0n) is 22.9. The third-order valence-electron chi connectivity index (χ3n) is 7.48. The van der Waals surface area contributed by atoms with E-state index in [9.17, 15) is 14.4 Å². The zero-order chi connectivity index (χ0) is 28.2. The summed E-state index contributed by atoms with van der Waals surface area (Å²) in [6.07, 6.45) is 0. The quantitative estimate of drug-likeness (QED) is 0.279. The lowest BCUT2D eigenvalue weighted by atomic mass is 9.79. The number of aromatic amines is 1. The number of ether oxygens (including phenoxy) is 1. The molecule has 1 unspecified atom stereocenters. The van der Waals surface area contributed by atoms with E-state index in [4.69, 9.17) is 4.74 Å². The van der Waals surface area contributed by atoms with E-state index in [1.165, 1.54) is 0 Å². The maximum absolute atomic E-state index is 13.5. The molecular formula is C32H34N4O4. The summed E-state index contributed by atoms with van der Waals surface area (Å²) in [7, 11) is 0. The van der Waals surface area contributed by atoms with Gasteiger partial charge in [0.25, 0.3) is 11.8 Å². The first kappa shape index (κ1) is 27.0. The number of nitrogens with zero attached hydrogens (tertiary/aromatic N) is 1. The van der Waals surface area contributed by atoms with E-state index in [-0.39, 0.29) is 29.7 Å². The second-order valence-corrected chi connectivity index (χ2v) is 10.6. The Morgan fingerprint density at radius 3 is 2.40 bits per heavy atom. The molecule has 1 saturated heterocycles.